The van der Waals surface area contributed by atoms with Crippen molar-refractivity contribution in [2.75, 3.05) is 13.1 Å². The van der Waals surface area contributed by atoms with Crippen LogP contribution in [0.5, 0.6) is 5.75 Å². The Morgan fingerprint density at radius 3 is 2.53 bits per heavy atom. The van der Waals surface area contributed by atoms with Crippen molar-refractivity contribution < 1.29 is 19.6 Å². The zero-order valence-electron chi connectivity index (χ0n) is 10.2. The summed E-state index contributed by atoms with van der Waals surface area (Å²) in [7, 11) is 0. The predicted octanol–water partition coefficient (Wildman–Crippen LogP) is 0.248. The number of hydrogen-bond donors (Lipinski definition) is 2. The van der Waals surface area contributed by atoms with Crippen molar-refractivity contribution in [3.05, 3.63) is 33.9 Å². The van der Waals surface area contributed by atoms with E-state index in [4.69, 9.17) is 5.73 Å². The van der Waals surface area contributed by atoms with Gasteiger partial charge in [-0.3, -0.25) is 19.7 Å². The van der Waals surface area contributed by atoms with Crippen molar-refractivity contribution in [3.63, 3.8) is 0 Å². The van der Waals surface area contributed by atoms with Crippen LogP contribution in [0.25, 0.3) is 0 Å². The fourth-order valence-corrected chi connectivity index (χ4v) is 1.51. The molecule has 8 nitrogen and oxygen atoms in total. The van der Waals surface area contributed by atoms with Gasteiger partial charge in [0.25, 0.3) is 5.91 Å². The third-order valence-electron chi connectivity index (χ3n) is 2.43. The summed E-state index contributed by atoms with van der Waals surface area (Å²) in [5.74, 6) is -1.81. The van der Waals surface area contributed by atoms with E-state index in [0.29, 0.717) is 0 Å². The SMILES string of the molecule is CCN(CC(N)=O)C(=O)c1ccc([N+](=O)[O-])c(O)c1. The van der Waals surface area contributed by atoms with Gasteiger partial charge < -0.3 is 15.7 Å². The van der Waals surface area contributed by atoms with Crippen LogP contribution in [0.4, 0.5) is 5.69 Å². The lowest BCUT2D eigenvalue weighted by atomic mass is 10.1. The molecule has 0 aliphatic heterocycles. The van der Waals surface area contributed by atoms with Crippen LogP contribution in [0.1, 0.15) is 17.3 Å². The highest BCUT2D eigenvalue weighted by atomic mass is 16.6. The molecule has 0 unspecified atom stereocenters. The molecule has 102 valence electrons. The van der Waals surface area contributed by atoms with E-state index >= 15 is 0 Å². The molecule has 3 N–H and O–H groups in total. The lowest BCUT2D eigenvalue weighted by molar-refractivity contribution is -0.385. The van der Waals surface area contributed by atoms with E-state index < -0.39 is 28.2 Å². The number of carbonyl (C=O) groups excluding carboxylic acids is 2. The average Bonchev–Trinajstić information content (AvgIpc) is 2.34. The van der Waals surface area contributed by atoms with Crippen molar-refractivity contribution >= 4 is 17.5 Å². The molecule has 0 atom stereocenters. The van der Waals surface area contributed by atoms with E-state index in [1.807, 2.05) is 0 Å². The van der Waals surface area contributed by atoms with Gasteiger partial charge in [-0.25, -0.2) is 0 Å². The molecule has 8 heteroatoms. The molecule has 2 amide bonds. The van der Waals surface area contributed by atoms with Crippen LogP contribution in [-0.2, 0) is 4.79 Å². The molecule has 0 saturated heterocycles. The highest BCUT2D eigenvalue weighted by Gasteiger charge is 2.20. The number of rotatable bonds is 5. The number of nitro benzene ring substituents is 1. The van der Waals surface area contributed by atoms with Gasteiger partial charge in [0.2, 0.25) is 5.91 Å². The number of likely N-dealkylation sites (N-methyl/N-ethyl adjacent to an activating group) is 1. The quantitative estimate of drug-likeness (QED) is 0.583. The molecule has 1 aromatic rings. The van der Waals surface area contributed by atoms with Crippen LogP contribution < -0.4 is 5.73 Å². The monoisotopic (exact) mass is 267 g/mol. The van der Waals surface area contributed by atoms with Crippen LogP contribution in [0.15, 0.2) is 18.2 Å². The van der Waals surface area contributed by atoms with E-state index in [1.165, 1.54) is 11.0 Å². The minimum absolute atomic E-state index is 0.0474. The van der Waals surface area contributed by atoms with Crippen molar-refractivity contribution in [1.82, 2.24) is 4.90 Å². The minimum Gasteiger partial charge on any atom is -0.502 e. The number of primary amides is 1. The molecule has 0 aromatic heterocycles. The summed E-state index contributed by atoms with van der Waals surface area (Å²) in [6.07, 6.45) is 0. The maximum atomic E-state index is 12.0. The number of nitrogens with zero attached hydrogens (tertiary/aromatic N) is 2. The summed E-state index contributed by atoms with van der Waals surface area (Å²) in [5.41, 5.74) is 4.56. The molecule has 0 aliphatic carbocycles. The van der Waals surface area contributed by atoms with Crippen LogP contribution in [0.3, 0.4) is 0 Å². The van der Waals surface area contributed by atoms with Crippen molar-refractivity contribution in [2.45, 2.75) is 6.92 Å². The summed E-state index contributed by atoms with van der Waals surface area (Å²) < 4.78 is 0. The van der Waals surface area contributed by atoms with E-state index in [-0.39, 0.29) is 18.7 Å². The molecule has 0 spiro atoms. The Morgan fingerprint density at radius 1 is 1.47 bits per heavy atom. The highest BCUT2D eigenvalue weighted by molar-refractivity contribution is 5.97. The Morgan fingerprint density at radius 2 is 2.11 bits per heavy atom. The van der Waals surface area contributed by atoms with Gasteiger partial charge in [0.1, 0.15) is 0 Å². The van der Waals surface area contributed by atoms with Gasteiger partial charge in [-0.2, -0.15) is 0 Å². The van der Waals surface area contributed by atoms with Gasteiger partial charge >= 0.3 is 5.69 Å². The highest BCUT2D eigenvalue weighted by Crippen LogP contribution is 2.26. The van der Waals surface area contributed by atoms with Gasteiger partial charge in [0.15, 0.2) is 5.75 Å². The topological polar surface area (TPSA) is 127 Å². The number of nitrogens with two attached hydrogens (primary N) is 1. The van der Waals surface area contributed by atoms with E-state index in [0.717, 1.165) is 12.1 Å². The largest absolute Gasteiger partial charge is 0.502 e. The number of amides is 2. The summed E-state index contributed by atoms with van der Waals surface area (Å²) in [6, 6.07) is 3.23. The third kappa shape index (κ3) is 3.41. The number of hydrogen-bond acceptors (Lipinski definition) is 5. The second-order valence-corrected chi connectivity index (χ2v) is 3.75. The summed E-state index contributed by atoms with van der Waals surface area (Å²) in [4.78, 5) is 33.7. The summed E-state index contributed by atoms with van der Waals surface area (Å²) in [6.45, 7) is 1.65. The first-order valence-corrected chi connectivity index (χ1v) is 5.41. The van der Waals surface area contributed by atoms with Gasteiger partial charge in [0.05, 0.1) is 11.5 Å². The van der Waals surface area contributed by atoms with Crippen LogP contribution in [0.2, 0.25) is 0 Å². The third-order valence-corrected chi connectivity index (χ3v) is 2.43. The Bertz CT molecular complexity index is 529. The fourth-order valence-electron chi connectivity index (χ4n) is 1.51. The molecule has 0 aliphatic rings. The molecule has 1 aromatic carbocycles. The number of benzene rings is 1. The van der Waals surface area contributed by atoms with E-state index in [2.05, 4.69) is 0 Å². The van der Waals surface area contributed by atoms with E-state index in [9.17, 15) is 24.8 Å². The lowest BCUT2D eigenvalue weighted by Crippen LogP contribution is -2.38. The van der Waals surface area contributed by atoms with Crippen molar-refractivity contribution in [3.8, 4) is 5.75 Å². The van der Waals surface area contributed by atoms with Crippen LogP contribution in [0, 0.1) is 10.1 Å². The maximum Gasteiger partial charge on any atom is 0.310 e. The normalized spacial score (nSPS) is 9.95. The maximum absolute atomic E-state index is 12.0. The molecule has 19 heavy (non-hydrogen) atoms. The zero-order valence-corrected chi connectivity index (χ0v) is 10.2. The number of carbonyl (C=O) groups is 2. The number of aromatic hydroxyl groups is 1. The molecule has 0 bridgehead atoms. The second kappa shape index (κ2) is 5.80. The van der Waals surface area contributed by atoms with E-state index in [1.54, 1.807) is 6.92 Å². The molecular formula is C11H13N3O5. The number of phenols is 1. The molecular weight excluding hydrogens is 254 g/mol. The molecule has 0 radical (unpaired) electrons. The molecule has 0 fully saturated rings. The lowest BCUT2D eigenvalue weighted by Gasteiger charge is -2.18. The fraction of sp³-hybridized carbons (Fsp3) is 0.273. The molecule has 0 saturated carbocycles. The average molecular weight is 267 g/mol. The predicted molar refractivity (Wildman–Crippen MR) is 65.5 cm³/mol. The smallest absolute Gasteiger partial charge is 0.310 e. The van der Waals surface area contributed by atoms with Crippen molar-refractivity contribution in [2.24, 2.45) is 5.73 Å². The molecule has 1 rings (SSSR count). The number of nitro groups is 1. The van der Waals surface area contributed by atoms with Crippen molar-refractivity contribution in [1.29, 1.82) is 0 Å². The number of phenolic OH excluding ortho intramolecular Hbond substituents is 1. The Balaban J connectivity index is 3.02. The molecule has 0 heterocycles. The Hall–Kier alpha value is -2.64. The first-order valence-electron chi connectivity index (χ1n) is 5.41. The Kier molecular flexibility index (Phi) is 4.41. The van der Waals surface area contributed by atoms with Gasteiger partial charge in [-0.05, 0) is 19.1 Å². The first-order chi connectivity index (χ1) is 8.86. The summed E-state index contributed by atoms with van der Waals surface area (Å²) >= 11 is 0. The first kappa shape index (κ1) is 14.4. The summed E-state index contributed by atoms with van der Waals surface area (Å²) in [5, 5.41) is 20.0. The van der Waals surface area contributed by atoms with Gasteiger partial charge in [0, 0.05) is 18.2 Å². The van der Waals surface area contributed by atoms with Gasteiger partial charge in [-0.1, -0.05) is 0 Å². The zero-order chi connectivity index (χ0) is 14.6. The van der Waals surface area contributed by atoms with Gasteiger partial charge in [-0.15, -0.1) is 0 Å². The van der Waals surface area contributed by atoms with Crippen LogP contribution >= 0.6 is 0 Å². The Labute approximate surface area is 108 Å². The second-order valence-electron chi connectivity index (χ2n) is 3.75. The minimum atomic E-state index is -0.759. The standard InChI is InChI=1S/C11H13N3O5/c1-2-13(6-10(12)16)11(17)7-3-4-8(14(18)19)9(15)5-7/h3-5,15H,2,6H2,1H3,(H2,12,16). The van der Waals surface area contributed by atoms with Crippen LogP contribution in [-0.4, -0.2) is 39.8 Å².